The standard InChI is InChI=1S/C13H24N2O3/c1-10-6-7-11(2)15(9-10)13(17)14-8-4-5-12(16)18-3/h10-11H,4-9H2,1-3H3,(H,14,17)/t10-,11+/m0/s1. The van der Waals surface area contributed by atoms with E-state index in [1.807, 2.05) is 4.90 Å². The lowest BCUT2D eigenvalue weighted by Gasteiger charge is -2.36. The largest absolute Gasteiger partial charge is 0.469 e. The van der Waals surface area contributed by atoms with Gasteiger partial charge in [-0.1, -0.05) is 6.92 Å². The van der Waals surface area contributed by atoms with Crippen molar-refractivity contribution in [2.75, 3.05) is 20.2 Å². The van der Waals surface area contributed by atoms with Gasteiger partial charge in [-0.2, -0.15) is 0 Å². The molecule has 0 aromatic carbocycles. The molecule has 0 saturated carbocycles. The van der Waals surface area contributed by atoms with E-state index in [1.165, 1.54) is 13.5 Å². The Labute approximate surface area is 109 Å². The number of piperidine rings is 1. The molecule has 104 valence electrons. The zero-order chi connectivity index (χ0) is 13.5. The number of rotatable bonds is 4. The molecule has 0 aromatic heterocycles. The lowest BCUT2D eigenvalue weighted by molar-refractivity contribution is -0.140. The lowest BCUT2D eigenvalue weighted by atomic mass is 9.95. The van der Waals surface area contributed by atoms with Crippen molar-refractivity contribution in [3.63, 3.8) is 0 Å². The molecule has 1 saturated heterocycles. The smallest absolute Gasteiger partial charge is 0.317 e. The SMILES string of the molecule is COC(=O)CCCNC(=O)N1C[C@@H](C)CC[C@H]1C. The van der Waals surface area contributed by atoms with E-state index >= 15 is 0 Å². The Balaban J connectivity index is 2.25. The zero-order valence-electron chi connectivity index (χ0n) is 11.6. The van der Waals surface area contributed by atoms with Crippen LogP contribution >= 0.6 is 0 Å². The van der Waals surface area contributed by atoms with Crippen LogP contribution in [0.25, 0.3) is 0 Å². The summed E-state index contributed by atoms with van der Waals surface area (Å²) in [4.78, 5) is 24.8. The maximum absolute atomic E-state index is 12.0. The highest BCUT2D eigenvalue weighted by Crippen LogP contribution is 2.21. The van der Waals surface area contributed by atoms with E-state index in [9.17, 15) is 9.59 Å². The third-order valence-electron chi connectivity index (χ3n) is 3.44. The van der Waals surface area contributed by atoms with Crippen molar-refractivity contribution >= 4 is 12.0 Å². The van der Waals surface area contributed by atoms with Gasteiger partial charge in [0.2, 0.25) is 0 Å². The van der Waals surface area contributed by atoms with Crippen molar-refractivity contribution in [3.05, 3.63) is 0 Å². The summed E-state index contributed by atoms with van der Waals surface area (Å²) in [5.41, 5.74) is 0. The van der Waals surface area contributed by atoms with Crippen LogP contribution in [0.1, 0.15) is 39.5 Å². The molecule has 18 heavy (non-hydrogen) atoms. The number of carbonyl (C=O) groups is 2. The van der Waals surface area contributed by atoms with E-state index in [0.29, 0.717) is 31.3 Å². The van der Waals surface area contributed by atoms with Gasteiger partial charge in [0.15, 0.2) is 0 Å². The van der Waals surface area contributed by atoms with Crippen LogP contribution in [0.4, 0.5) is 4.79 Å². The Morgan fingerprint density at radius 1 is 1.33 bits per heavy atom. The van der Waals surface area contributed by atoms with Gasteiger partial charge >= 0.3 is 12.0 Å². The first-order chi connectivity index (χ1) is 8.54. The van der Waals surface area contributed by atoms with Crippen molar-refractivity contribution < 1.29 is 14.3 Å². The number of hydrogen-bond donors (Lipinski definition) is 1. The maximum Gasteiger partial charge on any atom is 0.317 e. The second kappa shape index (κ2) is 7.24. The number of nitrogens with one attached hydrogen (secondary N) is 1. The van der Waals surface area contributed by atoms with Crippen molar-refractivity contribution in [1.29, 1.82) is 0 Å². The Kier molecular flexibility index (Phi) is 5.95. The number of likely N-dealkylation sites (tertiary alicyclic amines) is 1. The molecule has 1 aliphatic rings. The van der Waals surface area contributed by atoms with Gasteiger partial charge in [-0.25, -0.2) is 4.79 Å². The van der Waals surface area contributed by atoms with Crippen LogP contribution < -0.4 is 5.32 Å². The second-order valence-corrected chi connectivity index (χ2v) is 5.10. The van der Waals surface area contributed by atoms with Crippen LogP contribution in [-0.4, -0.2) is 43.1 Å². The molecule has 1 aliphatic heterocycles. The topological polar surface area (TPSA) is 58.6 Å². The molecular weight excluding hydrogens is 232 g/mol. The summed E-state index contributed by atoms with van der Waals surface area (Å²) in [6.07, 6.45) is 3.23. The first-order valence-electron chi connectivity index (χ1n) is 6.66. The molecule has 0 aliphatic carbocycles. The van der Waals surface area contributed by atoms with Gasteiger partial charge < -0.3 is 15.0 Å². The fraction of sp³-hybridized carbons (Fsp3) is 0.846. The molecule has 0 unspecified atom stereocenters. The fourth-order valence-corrected chi connectivity index (χ4v) is 2.20. The van der Waals surface area contributed by atoms with Gasteiger partial charge in [0.1, 0.15) is 0 Å². The van der Waals surface area contributed by atoms with Gasteiger partial charge in [-0.15, -0.1) is 0 Å². The molecule has 2 atom stereocenters. The Morgan fingerprint density at radius 3 is 2.72 bits per heavy atom. The molecule has 5 heteroatoms. The van der Waals surface area contributed by atoms with E-state index in [0.717, 1.165) is 13.0 Å². The summed E-state index contributed by atoms with van der Waals surface area (Å²) in [7, 11) is 1.37. The highest BCUT2D eigenvalue weighted by Gasteiger charge is 2.26. The van der Waals surface area contributed by atoms with Crippen LogP contribution in [0.15, 0.2) is 0 Å². The number of nitrogens with zero attached hydrogens (tertiary/aromatic N) is 1. The quantitative estimate of drug-likeness (QED) is 0.616. The third-order valence-corrected chi connectivity index (χ3v) is 3.44. The summed E-state index contributed by atoms with van der Waals surface area (Å²) in [6, 6.07) is 0.292. The average molecular weight is 256 g/mol. The predicted molar refractivity (Wildman–Crippen MR) is 69.2 cm³/mol. The van der Waals surface area contributed by atoms with E-state index < -0.39 is 0 Å². The molecule has 0 bridgehead atoms. The number of methoxy groups -OCH3 is 1. The van der Waals surface area contributed by atoms with Gasteiger partial charge in [-0.3, -0.25) is 4.79 Å². The van der Waals surface area contributed by atoms with Crippen LogP contribution in [0.5, 0.6) is 0 Å². The predicted octanol–water partition coefficient (Wildman–Crippen LogP) is 1.77. The van der Waals surface area contributed by atoms with Crippen LogP contribution in [0.3, 0.4) is 0 Å². The van der Waals surface area contributed by atoms with E-state index in [2.05, 4.69) is 23.9 Å². The molecule has 1 N–H and O–H groups in total. The molecule has 0 aromatic rings. The Hall–Kier alpha value is -1.26. The van der Waals surface area contributed by atoms with Crippen molar-refractivity contribution in [2.45, 2.75) is 45.6 Å². The van der Waals surface area contributed by atoms with Crippen LogP contribution in [0.2, 0.25) is 0 Å². The minimum atomic E-state index is -0.232. The van der Waals surface area contributed by atoms with E-state index in [4.69, 9.17) is 0 Å². The maximum atomic E-state index is 12.0. The van der Waals surface area contributed by atoms with E-state index in [-0.39, 0.29) is 12.0 Å². The van der Waals surface area contributed by atoms with Crippen molar-refractivity contribution in [3.8, 4) is 0 Å². The normalized spacial score (nSPS) is 23.6. The number of esters is 1. The summed E-state index contributed by atoms with van der Waals surface area (Å²) in [6.45, 7) is 5.60. The number of ether oxygens (including phenoxy) is 1. The fourth-order valence-electron chi connectivity index (χ4n) is 2.20. The monoisotopic (exact) mass is 256 g/mol. The molecule has 5 nitrogen and oxygen atoms in total. The number of hydrogen-bond acceptors (Lipinski definition) is 3. The van der Waals surface area contributed by atoms with Crippen molar-refractivity contribution in [1.82, 2.24) is 10.2 Å². The van der Waals surface area contributed by atoms with Gasteiger partial charge in [0, 0.05) is 25.6 Å². The minimum Gasteiger partial charge on any atom is -0.469 e. The Bertz CT molecular complexity index is 294. The molecule has 1 heterocycles. The van der Waals surface area contributed by atoms with Crippen LogP contribution in [-0.2, 0) is 9.53 Å². The highest BCUT2D eigenvalue weighted by molar-refractivity contribution is 5.74. The summed E-state index contributed by atoms with van der Waals surface area (Å²) in [5, 5.41) is 2.86. The number of amides is 2. The van der Waals surface area contributed by atoms with Gasteiger partial charge in [0.05, 0.1) is 7.11 Å². The van der Waals surface area contributed by atoms with Gasteiger partial charge in [-0.05, 0) is 32.1 Å². The minimum absolute atomic E-state index is 0.0149. The van der Waals surface area contributed by atoms with E-state index in [1.54, 1.807) is 0 Å². The van der Waals surface area contributed by atoms with Gasteiger partial charge in [0.25, 0.3) is 0 Å². The molecule has 0 spiro atoms. The lowest BCUT2D eigenvalue weighted by Crippen LogP contribution is -2.49. The summed E-state index contributed by atoms with van der Waals surface area (Å²) in [5.74, 6) is 0.339. The molecule has 0 radical (unpaired) electrons. The molecule has 1 fully saturated rings. The highest BCUT2D eigenvalue weighted by atomic mass is 16.5. The molecule has 1 rings (SSSR count). The first kappa shape index (κ1) is 14.8. The third kappa shape index (κ3) is 4.55. The summed E-state index contributed by atoms with van der Waals surface area (Å²) < 4.78 is 4.54. The van der Waals surface area contributed by atoms with Crippen molar-refractivity contribution in [2.24, 2.45) is 5.92 Å². The Morgan fingerprint density at radius 2 is 2.06 bits per heavy atom. The van der Waals surface area contributed by atoms with Crippen LogP contribution in [0, 0.1) is 5.92 Å². The molecule has 2 amide bonds. The first-order valence-corrected chi connectivity index (χ1v) is 6.66. The zero-order valence-corrected chi connectivity index (χ0v) is 11.6. The molecular formula is C13H24N2O3. The number of carbonyl (C=O) groups excluding carboxylic acids is 2. The second-order valence-electron chi connectivity index (χ2n) is 5.10. The average Bonchev–Trinajstić information content (AvgIpc) is 2.36. The number of urea groups is 1. The summed E-state index contributed by atoms with van der Waals surface area (Å²) >= 11 is 0.